The van der Waals surface area contributed by atoms with Gasteiger partial charge >= 0.3 is 6.03 Å². The minimum Gasteiger partial charge on any atom is -0.507 e. The van der Waals surface area contributed by atoms with E-state index in [-0.39, 0.29) is 55.8 Å². The summed E-state index contributed by atoms with van der Waals surface area (Å²) in [6.45, 7) is 3.14. The number of hydrogen-bond donors (Lipinski definition) is 8. The molecular formula is C35H30N4O13S4. The molecule has 0 radical (unpaired) electrons. The Bertz CT molecular complexity index is 2880. The molecule has 0 heterocycles. The summed E-state index contributed by atoms with van der Waals surface area (Å²) in [4.78, 5) is 10.8. The molecule has 0 aliphatic heterocycles. The fourth-order valence-corrected chi connectivity index (χ4v) is 8.75. The molecule has 2 amide bonds. The number of urea groups is 1. The highest BCUT2D eigenvalue weighted by Crippen LogP contribution is 2.38. The van der Waals surface area contributed by atoms with E-state index in [1.165, 1.54) is 48.5 Å². The van der Waals surface area contributed by atoms with Crippen molar-refractivity contribution in [1.82, 2.24) is 9.44 Å². The number of phenolic OH excluding ortho intramolecular Hbond substituents is 2. The van der Waals surface area contributed by atoms with Crippen molar-refractivity contribution in [1.29, 1.82) is 0 Å². The average molecular weight is 843 g/mol. The number of fused-ring (bicyclic) bond motifs is 2. The summed E-state index contributed by atoms with van der Waals surface area (Å²) >= 11 is 0. The standard InChI is InChI=1S/C35H30N4O13S4/c1-19-9-11-23(15-27(19)36-29-17-25(55(47,48)49)13-21-5-3-7-31(40)33(21)29)53(43,44)38-35(42)39-54(45,46)24-12-10-20(2)28(16-24)37-30-18-26(56(50,51)52)14-22-6-4-8-32(41)34(22)30/h3-18,36-37,40-41H,1-2H3,(H2,38,39,42)(H,47,48,49)(H,50,51,52). The summed E-state index contributed by atoms with van der Waals surface area (Å²) in [5.41, 5.74) is 0.945. The van der Waals surface area contributed by atoms with E-state index in [2.05, 4.69) is 10.6 Å². The van der Waals surface area contributed by atoms with Gasteiger partial charge in [0, 0.05) is 22.1 Å². The Hall–Kier alpha value is -5.97. The predicted octanol–water partition coefficient (Wildman–Crippen LogP) is 5.38. The third-order valence-electron chi connectivity index (χ3n) is 8.48. The molecule has 292 valence electrons. The van der Waals surface area contributed by atoms with Crippen molar-refractivity contribution in [2.24, 2.45) is 0 Å². The van der Waals surface area contributed by atoms with Gasteiger partial charge in [0.15, 0.2) is 0 Å². The van der Waals surface area contributed by atoms with Crippen molar-refractivity contribution in [3.05, 3.63) is 108 Å². The lowest BCUT2D eigenvalue weighted by atomic mass is 10.1. The average Bonchev–Trinajstić information content (AvgIpc) is 3.08. The third kappa shape index (κ3) is 8.17. The second-order valence-corrected chi connectivity index (χ2v) is 18.6. The molecule has 0 saturated carbocycles. The van der Waals surface area contributed by atoms with Crippen LogP contribution in [0.1, 0.15) is 11.1 Å². The Balaban J connectivity index is 1.26. The van der Waals surface area contributed by atoms with Crippen LogP contribution in [0.15, 0.2) is 117 Å². The van der Waals surface area contributed by atoms with Crippen molar-refractivity contribution in [2.45, 2.75) is 33.4 Å². The first-order chi connectivity index (χ1) is 26.0. The van der Waals surface area contributed by atoms with Gasteiger partial charge in [-0.2, -0.15) is 16.8 Å². The number of carbonyl (C=O) groups excluding carboxylic acids is 1. The molecule has 0 aromatic heterocycles. The van der Waals surface area contributed by atoms with Crippen LogP contribution in [0, 0.1) is 13.8 Å². The molecule has 6 rings (SSSR count). The Morgan fingerprint density at radius 2 is 0.839 bits per heavy atom. The fraction of sp³-hybridized carbons (Fsp3) is 0.0571. The predicted molar refractivity (Wildman–Crippen MR) is 206 cm³/mol. The topological polar surface area (TPSA) is 283 Å². The number of anilines is 4. The Morgan fingerprint density at radius 1 is 0.482 bits per heavy atom. The molecule has 6 aromatic rings. The van der Waals surface area contributed by atoms with Gasteiger partial charge in [0.05, 0.1) is 31.0 Å². The van der Waals surface area contributed by atoms with Gasteiger partial charge in [-0.3, -0.25) is 9.11 Å². The van der Waals surface area contributed by atoms with Crippen molar-refractivity contribution in [3.8, 4) is 11.5 Å². The number of amides is 2. The molecule has 21 heteroatoms. The summed E-state index contributed by atoms with van der Waals surface area (Å²) in [6, 6.07) is 18.2. The van der Waals surface area contributed by atoms with Gasteiger partial charge in [-0.1, -0.05) is 36.4 Å². The molecule has 0 fully saturated rings. The molecule has 0 bridgehead atoms. The van der Waals surface area contributed by atoms with Crippen LogP contribution in [0.5, 0.6) is 11.5 Å². The normalized spacial score (nSPS) is 12.4. The smallest absolute Gasteiger partial charge is 0.342 e. The van der Waals surface area contributed by atoms with Gasteiger partial charge < -0.3 is 20.8 Å². The summed E-state index contributed by atoms with van der Waals surface area (Å²) in [5, 5.41) is 27.5. The van der Waals surface area contributed by atoms with Crippen LogP contribution in [0.4, 0.5) is 27.5 Å². The van der Waals surface area contributed by atoms with Crippen molar-refractivity contribution in [3.63, 3.8) is 0 Å². The van der Waals surface area contributed by atoms with Gasteiger partial charge in [-0.05, 0) is 96.4 Å². The van der Waals surface area contributed by atoms with Crippen LogP contribution in [-0.2, 0) is 40.3 Å². The van der Waals surface area contributed by atoms with Gasteiger partial charge in [0.1, 0.15) is 11.5 Å². The number of sulfonamides is 2. The highest BCUT2D eigenvalue weighted by Gasteiger charge is 2.25. The maximum atomic E-state index is 13.3. The maximum absolute atomic E-state index is 13.3. The first-order valence-corrected chi connectivity index (χ1v) is 21.7. The molecule has 17 nitrogen and oxygen atoms in total. The SMILES string of the molecule is Cc1ccc(S(=O)(=O)NC(=O)NS(=O)(=O)c2ccc(C)c(Nc3cc(S(=O)(=O)O)cc4cccc(O)c34)c2)cc1Nc1cc(S(=O)(=O)O)cc2cccc(O)c12. The van der Waals surface area contributed by atoms with Crippen LogP contribution in [0.3, 0.4) is 0 Å². The number of aryl methyl sites for hydroxylation is 2. The Labute approximate surface area is 320 Å². The zero-order chi connectivity index (χ0) is 41.0. The van der Waals surface area contributed by atoms with E-state index in [1.54, 1.807) is 23.3 Å². The Kier molecular flexibility index (Phi) is 10.1. The van der Waals surface area contributed by atoms with Crippen LogP contribution in [0.25, 0.3) is 21.5 Å². The van der Waals surface area contributed by atoms with Crippen LogP contribution < -0.4 is 20.1 Å². The zero-order valence-corrected chi connectivity index (χ0v) is 32.1. The monoisotopic (exact) mass is 842 g/mol. The molecular weight excluding hydrogens is 813 g/mol. The first kappa shape index (κ1) is 39.7. The summed E-state index contributed by atoms with van der Waals surface area (Å²) in [5.74, 6) is -0.521. The molecule has 8 N–H and O–H groups in total. The number of hydrogen-bond acceptors (Lipinski definition) is 13. The second kappa shape index (κ2) is 14.3. The van der Waals surface area contributed by atoms with Gasteiger partial charge in [-0.25, -0.2) is 31.1 Å². The summed E-state index contributed by atoms with van der Waals surface area (Å²) < 4.78 is 124. The molecule has 0 aliphatic carbocycles. The molecule has 56 heavy (non-hydrogen) atoms. The highest BCUT2D eigenvalue weighted by atomic mass is 32.2. The fourth-order valence-electron chi connectivity index (χ4n) is 5.74. The number of benzene rings is 6. The number of carbonyl (C=O) groups is 1. The van der Waals surface area contributed by atoms with Crippen molar-refractivity contribution in [2.75, 3.05) is 10.6 Å². The van der Waals surface area contributed by atoms with Crippen LogP contribution in [-0.4, -0.2) is 59.0 Å². The van der Waals surface area contributed by atoms with E-state index in [0.29, 0.717) is 11.1 Å². The van der Waals surface area contributed by atoms with Gasteiger partial charge in [0.25, 0.3) is 40.3 Å². The van der Waals surface area contributed by atoms with E-state index >= 15 is 0 Å². The summed E-state index contributed by atoms with van der Waals surface area (Å²) in [6.07, 6.45) is 0. The van der Waals surface area contributed by atoms with Crippen LogP contribution >= 0.6 is 0 Å². The molecule has 0 atom stereocenters. The Morgan fingerprint density at radius 3 is 1.20 bits per heavy atom. The number of nitrogens with one attached hydrogen (secondary N) is 4. The second-order valence-electron chi connectivity index (χ2n) is 12.4. The largest absolute Gasteiger partial charge is 0.507 e. The number of aromatic hydroxyl groups is 2. The lowest BCUT2D eigenvalue weighted by Crippen LogP contribution is -2.42. The lowest BCUT2D eigenvalue weighted by Gasteiger charge is -2.16. The molecule has 6 aromatic carbocycles. The van der Waals surface area contributed by atoms with Gasteiger partial charge in [0.2, 0.25) is 0 Å². The molecule has 0 saturated heterocycles. The quantitative estimate of drug-likeness (QED) is 0.0804. The highest BCUT2D eigenvalue weighted by molar-refractivity contribution is 7.91. The molecule has 0 unspecified atom stereocenters. The van der Waals surface area contributed by atoms with E-state index in [9.17, 15) is 57.8 Å². The van der Waals surface area contributed by atoms with Crippen molar-refractivity contribution >= 4 is 90.6 Å². The van der Waals surface area contributed by atoms with Crippen LogP contribution in [0.2, 0.25) is 0 Å². The maximum Gasteiger partial charge on any atom is 0.342 e. The molecule has 0 aliphatic rings. The minimum atomic E-state index is -4.78. The lowest BCUT2D eigenvalue weighted by molar-refractivity contribution is 0.250. The minimum absolute atomic E-state index is 0.0225. The van der Waals surface area contributed by atoms with E-state index in [0.717, 1.165) is 48.5 Å². The van der Waals surface area contributed by atoms with E-state index in [1.807, 2.05) is 0 Å². The number of phenols is 2. The zero-order valence-electron chi connectivity index (χ0n) is 28.8. The first-order valence-electron chi connectivity index (χ1n) is 15.8. The molecule has 0 spiro atoms. The summed E-state index contributed by atoms with van der Waals surface area (Å²) in [7, 11) is -19.0. The van der Waals surface area contributed by atoms with E-state index in [4.69, 9.17) is 0 Å². The van der Waals surface area contributed by atoms with E-state index < -0.39 is 65.9 Å². The third-order valence-corrected chi connectivity index (χ3v) is 12.8. The number of rotatable bonds is 10. The van der Waals surface area contributed by atoms with Crippen molar-refractivity contribution < 1.29 is 57.8 Å². The van der Waals surface area contributed by atoms with Gasteiger partial charge in [-0.15, -0.1) is 0 Å².